The Kier molecular flexibility index (Phi) is 4.70. The number of amides is 1. The van der Waals surface area contributed by atoms with E-state index < -0.39 is 5.97 Å². The normalized spacial score (nSPS) is 11.9. The number of hydrogen-bond acceptors (Lipinski definition) is 4. The van der Waals surface area contributed by atoms with Gasteiger partial charge in [-0.15, -0.1) is 11.3 Å². The molecule has 0 aliphatic rings. The molecule has 1 unspecified atom stereocenters. The molecular formula is C15H16N2O3S. The summed E-state index contributed by atoms with van der Waals surface area (Å²) in [6.07, 6.45) is 2.45. The summed E-state index contributed by atoms with van der Waals surface area (Å²) in [4.78, 5) is 27.6. The molecule has 6 heteroatoms. The van der Waals surface area contributed by atoms with Crippen LogP contribution in [0.5, 0.6) is 0 Å². The van der Waals surface area contributed by atoms with Gasteiger partial charge in [0.1, 0.15) is 5.01 Å². The van der Waals surface area contributed by atoms with Crippen molar-refractivity contribution in [3.05, 3.63) is 40.9 Å². The zero-order chi connectivity index (χ0) is 15.4. The monoisotopic (exact) mass is 304 g/mol. The Morgan fingerprint density at radius 2 is 2.05 bits per heavy atom. The molecule has 0 saturated heterocycles. The van der Waals surface area contributed by atoms with Gasteiger partial charge in [0, 0.05) is 28.7 Å². The first-order chi connectivity index (χ1) is 10.0. The third-order valence-electron chi connectivity index (χ3n) is 3.11. The van der Waals surface area contributed by atoms with Crippen LogP contribution < -0.4 is 5.32 Å². The van der Waals surface area contributed by atoms with Gasteiger partial charge in [-0.2, -0.15) is 0 Å². The minimum Gasteiger partial charge on any atom is -0.478 e. The lowest BCUT2D eigenvalue weighted by Gasteiger charge is -2.12. The van der Waals surface area contributed by atoms with Gasteiger partial charge in [-0.25, -0.2) is 9.78 Å². The number of carboxylic acids is 1. The van der Waals surface area contributed by atoms with Crippen molar-refractivity contribution in [2.75, 3.05) is 0 Å². The number of thiazole rings is 1. The van der Waals surface area contributed by atoms with Crippen LogP contribution in [0, 0.1) is 0 Å². The van der Waals surface area contributed by atoms with E-state index in [1.165, 1.54) is 23.5 Å². The maximum atomic E-state index is 12.2. The fourth-order valence-corrected chi connectivity index (χ4v) is 2.41. The molecule has 1 aromatic heterocycles. The quantitative estimate of drug-likeness (QED) is 0.890. The number of hydrogen-bond donors (Lipinski definition) is 2. The van der Waals surface area contributed by atoms with Crippen molar-refractivity contribution < 1.29 is 14.7 Å². The van der Waals surface area contributed by atoms with Crippen molar-refractivity contribution in [3.8, 4) is 10.6 Å². The van der Waals surface area contributed by atoms with Crippen molar-refractivity contribution >= 4 is 23.2 Å². The van der Waals surface area contributed by atoms with Crippen molar-refractivity contribution in [2.24, 2.45) is 0 Å². The summed E-state index contributed by atoms with van der Waals surface area (Å²) in [7, 11) is 0. The lowest BCUT2D eigenvalue weighted by atomic mass is 10.0. The second-order valence-electron chi connectivity index (χ2n) is 4.72. The van der Waals surface area contributed by atoms with Crippen LogP contribution in [0.15, 0.2) is 29.8 Å². The number of rotatable bonds is 5. The second-order valence-corrected chi connectivity index (χ2v) is 5.62. The van der Waals surface area contributed by atoms with Gasteiger partial charge in [0.25, 0.3) is 5.91 Å². The Hall–Kier alpha value is -2.21. The summed E-state index contributed by atoms with van der Waals surface area (Å²) in [6.45, 7) is 3.88. The highest BCUT2D eigenvalue weighted by molar-refractivity contribution is 7.13. The minimum absolute atomic E-state index is 0.0364. The fraction of sp³-hybridized carbons (Fsp3) is 0.267. The Balaban J connectivity index is 2.41. The lowest BCUT2D eigenvalue weighted by molar-refractivity contribution is 0.0697. The molecule has 0 aliphatic heterocycles. The third kappa shape index (κ3) is 3.66. The van der Waals surface area contributed by atoms with Gasteiger partial charge in [-0.05, 0) is 31.5 Å². The summed E-state index contributed by atoms with van der Waals surface area (Å²) in [5.74, 6) is -1.34. The molecule has 1 amide bonds. The fourth-order valence-electron chi connectivity index (χ4n) is 1.78. The van der Waals surface area contributed by atoms with E-state index >= 15 is 0 Å². The van der Waals surface area contributed by atoms with Crippen molar-refractivity contribution in [2.45, 2.75) is 26.3 Å². The van der Waals surface area contributed by atoms with Gasteiger partial charge in [0.2, 0.25) is 0 Å². The number of benzene rings is 1. The molecular weight excluding hydrogens is 288 g/mol. The predicted molar refractivity (Wildman–Crippen MR) is 81.7 cm³/mol. The molecule has 0 fully saturated rings. The Morgan fingerprint density at radius 3 is 2.62 bits per heavy atom. The number of carboxylic acid groups (broad SMARTS) is 1. The molecule has 0 bridgehead atoms. The van der Waals surface area contributed by atoms with Crippen LogP contribution >= 0.6 is 11.3 Å². The molecule has 0 saturated carbocycles. The Bertz CT molecular complexity index is 653. The summed E-state index contributed by atoms with van der Waals surface area (Å²) < 4.78 is 0. The number of aromatic carboxylic acids is 1. The number of carbonyl (C=O) groups excluding carboxylic acids is 1. The maximum absolute atomic E-state index is 12.2. The molecule has 2 aromatic rings. The van der Waals surface area contributed by atoms with Crippen LogP contribution in [0.3, 0.4) is 0 Å². The van der Waals surface area contributed by atoms with Crippen LogP contribution in [0.25, 0.3) is 10.6 Å². The summed E-state index contributed by atoms with van der Waals surface area (Å²) >= 11 is 1.40. The molecule has 0 aliphatic carbocycles. The number of nitrogens with zero attached hydrogens (tertiary/aromatic N) is 1. The molecule has 1 aromatic carbocycles. The van der Waals surface area contributed by atoms with Crippen LogP contribution in [0.1, 0.15) is 41.0 Å². The van der Waals surface area contributed by atoms with E-state index in [1.807, 2.05) is 19.2 Å². The van der Waals surface area contributed by atoms with Gasteiger partial charge in [-0.1, -0.05) is 6.92 Å². The number of aromatic nitrogens is 1. The predicted octanol–water partition coefficient (Wildman–Crippen LogP) is 3.04. The average molecular weight is 304 g/mol. The van der Waals surface area contributed by atoms with E-state index in [9.17, 15) is 14.7 Å². The number of nitrogens with one attached hydrogen (secondary N) is 1. The second kappa shape index (κ2) is 6.49. The van der Waals surface area contributed by atoms with Gasteiger partial charge in [0.05, 0.1) is 5.56 Å². The SMILES string of the molecule is CCC(C)NC(=O)c1cc(C(=O)O)cc(-c2nccs2)c1. The first-order valence-electron chi connectivity index (χ1n) is 6.60. The molecule has 1 heterocycles. The molecule has 0 radical (unpaired) electrons. The van der Waals surface area contributed by atoms with Gasteiger partial charge < -0.3 is 10.4 Å². The molecule has 110 valence electrons. The third-order valence-corrected chi connectivity index (χ3v) is 3.93. The maximum Gasteiger partial charge on any atom is 0.335 e. The molecule has 2 rings (SSSR count). The summed E-state index contributed by atoms with van der Waals surface area (Å²) in [5.41, 5.74) is 1.05. The van der Waals surface area contributed by atoms with Crippen LogP contribution in [-0.4, -0.2) is 28.0 Å². The van der Waals surface area contributed by atoms with E-state index in [1.54, 1.807) is 12.3 Å². The van der Waals surface area contributed by atoms with Crippen molar-refractivity contribution in [1.82, 2.24) is 10.3 Å². The highest BCUT2D eigenvalue weighted by Gasteiger charge is 2.15. The molecule has 21 heavy (non-hydrogen) atoms. The zero-order valence-corrected chi connectivity index (χ0v) is 12.6. The van der Waals surface area contributed by atoms with Gasteiger partial charge in [0.15, 0.2) is 0 Å². The van der Waals surface area contributed by atoms with E-state index in [0.717, 1.165) is 6.42 Å². The Labute approximate surface area is 126 Å². The molecule has 2 N–H and O–H groups in total. The lowest BCUT2D eigenvalue weighted by Crippen LogP contribution is -2.32. The molecule has 0 spiro atoms. The van der Waals surface area contributed by atoms with E-state index in [0.29, 0.717) is 16.1 Å². The van der Waals surface area contributed by atoms with Gasteiger partial charge in [-0.3, -0.25) is 4.79 Å². The van der Waals surface area contributed by atoms with Crippen LogP contribution in [-0.2, 0) is 0 Å². The van der Waals surface area contributed by atoms with E-state index in [-0.39, 0.29) is 17.5 Å². The standard InChI is InChI=1S/C15H16N2O3S/c1-3-9(2)17-13(18)10-6-11(14-16-4-5-21-14)8-12(7-10)15(19)20/h4-9H,3H2,1-2H3,(H,17,18)(H,19,20). The van der Waals surface area contributed by atoms with E-state index in [2.05, 4.69) is 10.3 Å². The molecule has 5 nitrogen and oxygen atoms in total. The highest BCUT2D eigenvalue weighted by atomic mass is 32.1. The van der Waals surface area contributed by atoms with Gasteiger partial charge >= 0.3 is 5.97 Å². The topological polar surface area (TPSA) is 79.3 Å². The summed E-state index contributed by atoms with van der Waals surface area (Å²) in [6, 6.07) is 4.62. The average Bonchev–Trinajstić information content (AvgIpc) is 3.00. The number of carbonyl (C=O) groups is 2. The van der Waals surface area contributed by atoms with Crippen molar-refractivity contribution in [1.29, 1.82) is 0 Å². The first-order valence-corrected chi connectivity index (χ1v) is 7.48. The van der Waals surface area contributed by atoms with E-state index in [4.69, 9.17) is 0 Å². The van der Waals surface area contributed by atoms with Crippen LogP contribution in [0.2, 0.25) is 0 Å². The van der Waals surface area contributed by atoms with Crippen LogP contribution in [0.4, 0.5) is 0 Å². The summed E-state index contributed by atoms with van der Waals surface area (Å²) in [5, 5.41) is 14.5. The zero-order valence-electron chi connectivity index (χ0n) is 11.8. The Morgan fingerprint density at radius 1 is 1.33 bits per heavy atom. The van der Waals surface area contributed by atoms with Crippen molar-refractivity contribution in [3.63, 3.8) is 0 Å². The smallest absolute Gasteiger partial charge is 0.335 e. The first kappa shape index (κ1) is 15.2. The highest BCUT2D eigenvalue weighted by Crippen LogP contribution is 2.24. The molecule has 1 atom stereocenters. The minimum atomic E-state index is -1.06. The largest absolute Gasteiger partial charge is 0.478 e.